The second kappa shape index (κ2) is 9.57. The number of nitrogens with one attached hydrogen (secondary N) is 3. The summed E-state index contributed by atoms with van der Waals surface area (Å²) in [7, 11) is 0. The molecule has 1 unspecified atom stereocenters. The Morgan fingerprint density at radius 1 is 1.21 bits per heavy atom. The Bertz CT molecular complexity index is 1200. The molecule has 4 rings (SSSR count). The summed E-state index contributed by atoms with van der Waals surface area (Å²) in [5, 5.41) is 6.69. The highest BCUT2D eigenvalue weighted by Gasteiger charge is 2.28. The van der Waals surface area contributed by atoms with Crippen molar-refractivity contribution in [2.24, 2.45) is 0 Å². The van der Waals surface area contributed by atoms with Crippen LogP contribution < -0.4 is 15.5 Å². The molecule has 1 atom stereocenters. The van der Waals surface area contributed by atoms with E-state index in [4.69, 9.17) is 4.74 Å². The molecule has 11 heteroatoms. The van der Waals surface area contributed by atoms with Crippen molar-refractivity contribution in [2.75, 3.05) is 23.3 Å². The Balaban J connectivity index is 1.59. The molecule has 1 fully saturated rings. The van der Waals surface area contributed by atoms with Gasteiger partial charge in [0.1, 0.15) is 16.9 Å². The van der Waals surface area contributed by atoms with E-state index in [1.165, 1.54) is 6.20 Å². The van der Waals surface area contributed by atoms with Crippen LogP contribution in [0.3, 0.4) is 0 Å². The maximum Gasteiger partial charge on any atom is 0.407 e. The first-order valence-corrected chi connectivity index (χ1v) is 11.9. The van der Waals surface area contributed by atoms with E-state index >= 15 is 0 Å². The normalized spacial score (nSPS) is 16.4. The van der Waals surface area contributed by atoms with Gasteiger partial charge in [0.05, 0.1) is 33.1 Å². The molecule has 0 spiro atoms. The summed E-state index contributed by atoms with van der Waals surface area (Å²) >= 11 is 3.64. The maximum atomic E-state index is 12.8. The highest BCUT2D eigenvalue weighted by Crippen LogP contribution is 2.39. The summed E-state index contributed by atoms with van der Waals surface area (Å²) in [5.74, 6) is -0.359. The molecule has 3 aromatic rings. The molecule has 1 saturated heterocycles. The molecule has 0 bridgehead atoms. The number of alkyl carbamates (subject to hydrolysis) is 1. The molecule has 34 heavy (non-hydrogen) atoms. The molecule has 1 aliphatic heterocycles. The Labute approximate surface area is 206 Å². The summed E-state index contributed by atoms with van der Waals surface area (Å²) in [6, 6.07) is -0.0708. The average Bonchev–Trinajstić information content (AvgIpc) is 3.15. The molecule has 3 aromatic heterocycles. The molecule has 10 nitrogen and oxygen atoms in total. The number of halogens is 1. The predicted octanol–water partition coefficient (Wildman–Crippen LogP) is 4.17. The van der Waals surface area contributed by atoms with E-state index < -0.39 is 11.7 Å². The van der Waals surface area contributed by atoms with Crippen LogP contribution >= 0.6 is 15.9 Å². The van der Waals surface area contributed by atoms with Gasteiger partial charge in [-0.05, 0) is 56.5 Å². The third-order valence-corrected chi connectivity index (χ3v) is 5.93. The van der Waals surface area contributed by atoms with Crippen molar-refractivity contribution < 1.29 is 14.3 Å². The van der Waals surface area contributed by atoms with Gasteiger partial charge in [-0.2, -0.15) is 0 Å². The zero-order valence-electron chi connectivity index (χ0n) is 19.6. The van der Waals surface area contributed by atoms with Gasteiger partial charge in [0.25, 0.3) is 5.91 Å². The first-order chi connectivity index (χ1) is 16.1. The van der Waals surface area contributed by atoms with Crippen LogP contribution in [-0.2, 0) is 4.74 Å². The van der Waals surface area contributed by atoms with Crippen LogP contribution in [0.4, 0.5) is 16.2 Å². The van der Waals surface area contributed by atoms with Gasteiger partial charge in [-0.15, -0.1) is 0 Å². The van der Waals surface area contributed by atoms with Crippen LogP contribution in [-0.4, -0.2) is 56.7 Å². The monoisotopic (exact) mass is 529 g/mol. The van der Waals surface area contributed by atoms with Gasteiger partial charge < -0.3 is 25.3 Å². The quantitative estimate of drug-likeness (QED) is 0.463. The standard InChI is InChI=1S/C23H28BrN7O3/c1-13-8-26-17(11-25-13)21(32)30-16-10-28-20-18(16)19(15(24)9-27-20)31-7-5-6-14(12-31)29-22(33)34-23(2,3)4/h8-11,14H,5-7,12H2,1-4H3,(H,27,28)(H,29,33)(H,30,32). The number of ether oxygens (including phenoxy) is 1. The number of carbonyl (C=O) groups excluding carboxylic acids is 2. The topological polar surface area (TPSA) is 125 Å². The number of aromatic nitrogens is 4. The van der Waals surface area contributed by atoms with Crippen molar-refractivity contribution >= 4 is 50.3 Å². The van der Waals surface area contributed by atoms with Crippen LogP contribution in [0.1, 0.15) is 49.8 Å². The summed E-state index contributed by atoms with van der Waals surface area (Å²) in [4.78, 5) is 43.2. The van der Waals surface area contributed by atoms with Gasteiger partial charge in [0, 0.05) is 37.7 Å². The molecule has 2 amide bonds. The lowest BCUT2D eigenvalue weighted by Gasteiger charge is -2.36. The molecule has 180 valence electrons. The molecule has 0 aliphatic carbocycles. The molecule has 1 aliphatic rings. The first kappa shape index (κ1) is 23.9. The molecular weight excluding hydrogens is 502 g/mol. The van der Waals surface area contributed by atoms with Crippen LogP contribution in [0.5, 0.6) is 0 Å². The van der Waals surface area contributed by atoms with E-state index in [0.29, 0.717) is 17.9 Å². The molecule has 0 radical (unpaired) electrons. The van der Waals surface area contributed by atoms with E-state index in [1.54, 1.807) is 18.6 Å². The van der Waals surface area contributed by atoms with Crippen molar-refractivity contribution in [2.45, 2.75) is 52.2 Å². The van der Waals surface area contributed by atoms with E-state index in [0.717, 1.165) is 40.6 Å². The lowest BCUT2D eigenvalue weighted by molar-refractivity contribution is 0.0500. The molecular formula is C23H28BrN7O3. The fourth-order valence-corrected chi connectivity index (χ4v) is 4.48. The highest BCUT2D eigenvalue weighted by atomic mass is 79.9. The minimum Gasteiger partial charge on any atom is -0.444 e. The number of amides is 2. The highest BCUT2D eigenvalue weighted by molar-refractivity contribution is 9.10. The van der Waals surface area contributed by atoms with Crippen LogP contribution in [0.25, 0.3) is 11.0 Å². The second-order valence-electron chi connectivity index (χ2n) is 9.31. The van der Waals surface area contributed by atoms with Crippen molar-refractivity contribution in [3.8, 4) is 0 Å². The van der Waals surface area contributed by atoms with Gasteiger partial charge in [0.2, 0.25) is 0 Å². The maximum absolute atomic E-state index is 12.8. The lowest BCUT2D eigenvalue weighted by Crippen LogP contribution is -2.49. The fourth-order valence-electron chi connectivity index (χ4n) is 3.93. The third kappa shape index (κ3) is 5.46. The van der Waals surface area contributed by atoms with E-state index in [-0.39, 0.29) is 17.6 Å². The number of nitrogens with zero attached hydrogens (tertiary/aromatic N) is 4. The Kier molecular flexibility index (Phi) is 6.74. The zero-order valence-corrected chi connectivity index (χ0v) is 21.2. The predicted molar refractivity (Wildman–Crippen MR) is 133 cm³/mol. The Hall–Kier alpha value is -3.21. The number of anilines is 2. The summed E-state index contributed by atoms with van der Waals surface area (Å²) in [6.07, 6.45) is 7.77. The summed E-state index contributed by atoms with van der Waals surface area (Å²) in [5.41, 5.74) is 2.54. The van der Waals surface area contributed by atoms with Crippen molar-refractivity contribution in [3.63, 3.8) is 0 Å². The van der Waals surface area contributed by atoms with E-state index in [9.17, 15) is 9.59 Å². The van der Waals surface area contributed by atoms with Crippen LogP contribution in [0.2, 0.25) is 0 Å². The van der Waals surface area contributed by atoms with Gasteiger partial charge >= 0.3 is 6.09 Å². The Morgan fingerprint density at radius 3 is 2.71 bits per heavy atom. The number of H-pyrrole nitrogens is 1. The number of rotatable bonds is 4. The van der Waals surface area contributed by atoms with E-state index in [2.05, 4.69) is 51.4 Å². The average molecular weight is 530 g/mol. The lowest BCUT2D eigenvalue weighted by atomic mass is 10.0. The molecule has 0 aromatic carbocycles. The number of piperidine rings is 1. The first-order valence-electron chi connectivity index (χ1n) is 11.1. The van der Waals surface area contributed by atoms with Gasteiger partial charge in [0.15, 0.2) is 0 Å². The van der Waals surface area contributed by atoms with Gasteiger partial charge in [-0.3, -0.25) is 9.78 Å². The Morgan fingerprint density at radius 2 is 2.00 bits per heavy atom. The number of aryl methyl sites for hydroxylation is 1. The number of hydrogen-bond acceptors (Lipinski definition) is 7. The SMILES string of the molecule is Cc1cnc(C(=O)Nc2c[nH]c3ncc(Br)c(N4CCCC(NC(=O)OC(C)(C)C)C4)c23)cn1. The number of pyridine rings is 1. The van der Waals surface area contributed by atoms with Crippen LogP contribution in [0, 0.1) is 6.92 Å². The number of fused-ring (bicyclic) bond motifs is 1. The third-order valence-electron chi connectivity index (χ3n) is 5.35. The second-order valence-corrected chi connectivity index (χ2v) is 10.2. The van der Waals surface area contributed by atoms with Crippen molar-refractivity contribution in [1.29, 1.82) is 0 Å². The largest absolute Gasteiger partial charge is 0.444 e. The molecule has 0 saturated carbocycles. The summed E-state index contributed by atoms with van der Waals surface area (Å²) < 4.78 is 6.22. The minimum atomic E-state index is -0.557. The van der Waals surface area contributed by atoms with Crippen LogP contribution in [0.15, 0.2) is 29.3 Å². The molecule has 3 N–H and O–H groups in total. The fraction of sp³-hybridized carbons (Fsp3) is 0.435. The smallest absolute Gasteiger partial charge is 0.407 e. The van der Waals surface area contributed by atoms with Gasteiger partial charge in [-0.1, -0.05) is 0 Å². The van der Waals surface area contributed by atoms with Gasteiger partial charge in [-0.25, -0.2) is 14.8 Å². The van der Waals surface area contributed by atoms with Crippen molar-refractivity contribution in [3.05, 3.63) is 40.6 Å². The number of aromatic amines is 1. The number of carbonyl (C=O) groups is 2. The van der Waals surface area contributed by atoms with E-state index in [1.807, 2.05) is 27.7 Å². The van der Waals surface area contributed by atoms with Crippen molar-refractivity contribution in [1.82, 2.24) is 25.3 Å². The summed E-state index contributed by atoms with van der Waals surface area (Å²) in [6.45, 7) is 8.73. The number of hydrogen-bond donors (Lipinski definition) is 3. The minimum absolute atomic E-state index is 0.0708. The zero-order chi connectivity index (χ0) is 24.5. The molecule has 4 heterocycles.